The van der Waals surface area contributed by atoms with Crippen LogP contribution in [0.3, 0.4) is 0 Å². The van der Waals surface area contributed by atoms with Crippen molar-refractivity contribution in [3.05, 3.63) is 75.7 Å². The Kier molecular flexibility index (Phi) is 6.66. The molecule has 1 heterocycles. The quantitative estimate of drug-likeness (QED) is 0.514. The Bertz CT molecular complexity index is 1210. The van der Waals surface area contributed by atoms with Crippen molar-refractivity contribution in [3.8, 4) is 17.2 Å². The van der Waals surface area contributed by atoms with Crippen LogP contribution in [0.25, 0.3) is 11.1 Å². The maximum absolute atomic E-state index is 12.8. The molecule has 174 valence electrons. The zero-order chi connectivity index (χ0) is 24.3. The first-order valence-electron chi connectivity index (χ1n) is 10.9. The van der Waals surface area contributed by atoms with Crippen LogP contribution in [0.15, 0.2) is 53.9 Å². The fraction of sp³-hybridized carbons (Fsp3) is 0.308. The van der Waals surface area contributed by atoms with Crippen molar-refractivity contribution >= 4 is 23.4 Å². The lowest BCUT2D eigenvalue weighted by Gasteiger charge is -2.24. The van der Waals surface area contributed by atoms with Crippen molar-refractivity contribution in [2.24, 2.45) is 0 Å². The molecule has 1 N–H and O–H groups in total. The number of thiazole rings is 1. The largest absolute Gasteiger partial charge is 0.458 e. The van der Waals surface area contributed by atoms with Crippen LogP contribution in [0.2, 0.25) is 0 Å². The van der Waals surface area contributed by atoms with E-state index in [0.717, 1.165) is 22.3 Å². The monoisotopic (exact) mass is 475 g/mol. The van der Waals surface area contributed by atoms with Crippen LogP contribution in [0.1, 0.15) is 48.5 Å². The summed E-state index contributed by atoms with van der Waals surface area (Å²) in [4.78, 5) is 29.7. The van der Waals surface area contributed by atoms with E-state index in [1.807, 2.05) is 42.5 Å². The molecule has 1 aromatic heterocycles. The van der Waals surface area contributed by atoms with E-state index in [9.17, 15) is 9.59 Å². The molecule has 8 heteroatoms. The molecular formula is C26H25N3O4S. The summed E-state index contributed by atoms with van der Waals surface area (Å²) in [7, 11) is 0. The van der Waals surface area contributed by atoms with E-state index in [1.54, 1.807) is 26.2 Å². The van der Waals surface area contributed by atoms with E-state index >= 15 is 0 Å². The number of esters is 1. The number of nitrogens with zero attached hydrogens (tertiary/aromatic N) is 2. The van der Waals surface area contributed by atoms with Gasteiger partial charge in [-0.05, 0) is 43.0 Å². The Balaban J connectivity index is 1.46. The minimum Gasteiger partial charge on any atom is -0.458 e. The molecule has 1 aliphatic carbocycles. The number of aromatic nitrogens is 1. The number of amides is 1. The molecule has 34 heavy (non-hydrogen) atoms. The van der Waals surface area contributed by atoms with Crippen molar-refractivity contribution in [1.82, 2.24) is 10.3 Å². The second-order valence-corrected chi connectivity index (χ2v) is 9.87. The lowest BCUT2D eigenvalue weighted by Crippen LogP contribution is -2.46. The van der Waals surface area contributed by atoms with E-state index in [0.29, 0.717) is 10.7 Å². The first kappa shape index (κ1) is 23.5. The van der Waals surface area contributed by atoms with Crippen LogP contribution in [-0.4, -0.2) is 35.3 Å². The highest BCUT2D eigenvalue weighted by atomic mass is 32.1. The highest BCUT2D eigenvalue weighted by Crippen LogP contribution is 2.44. The van der Waals surface area contributed by atoms with E-state index < -0.39 is 23.7 Å². The highest BCUT2D eigenvalue weighted by molar-refractivity contribution is 7.10. The van der Waals surface area contributed by atoms with Gasteiger partial charge in [-0.1, -0.05) is 48.5 Å². The Morgan fingerprint density at radius 1 is 1.12 bits per heavy atom. The number of benzene rings is 2. The van der Waals surface area contributed by atoms with E-state index in [4.69, 9.17) is 14.7 Å². The van der Waals surface area contributed by atoms with Gasteiger partial charge < -0.3 is 14.8 Å². The molecular weight excluding hydrogens is 450 g/mol. The van der Waals surface area contributed by atoms with Crippen LogP contribution in [-0.2, 0) is 20.7 Å². The van der Waals surface area contributed by atoms with Gasteiger partial charge in [0.25, 0.3) is 0 Å². The number of carbonyl (C=O) groups excluding carboxylic acids is 2. The van der Waals surface area contributed by atoms with Crippen molar-refractivity contribution < 1.29 is 19.1 Å². The van der Waals surface area contributed by atoms with Crippen LogP contribution >= 0.6 is 11.3 Å². The second-order valence-electron chi connectivity index (χ2n) is 9.02. The molecule has 0 saturated carbocycles. The predicted molar refractivity (Wildman–Crippen MR) is 128 cm³/mol. The van der Waals surface area contributed by atoms with Crippen LogP contribution in [0, 0.1) is 11.3 Å². The van der Waals surface area contributed by atoms with Crippen LogP contribution < -0.4 is 5.32 Å². The summed E-state index contributed by atoms with van der Waals surface area (Å²) < 4.78 is 11.1. The Morgan fingerprint density at radius 3 is 2.29 bits per heavy atom. The van der Waals surface area contributed by atoms with Crippen LogP contribution in [0.4, 0.5) is 4.79 Å². The third kappa shape index (κ3) is 5.26. The molecule has 1 amide bonds. The van der Waals surface area contributed by atoms with Gasteiger partial charge in [0, 0.05) is 17.7 Å². The standard InChI is InChI=1S/C26H25N3O4S/c1-26(2,3)33-24(30)22(12-16-15-34-23(13-27)28-16)29-25(31)32-14-21-19-10-6-4-8-17(19)18-9-5-7-11-20(18)21/h4-11,15,21-22H,12,14H2,1-3H3,(H,29,31)/t22-/m0/s1. The Hall–Kier alpha value is -3.70. The van der Waals surface area contributed by atoms with E-state index in [2.05, 4.69) is 22.4 Å². The van der Waals surface area contributed by atoms with E-state index in [1.165, 1.54) is 11.3 Å². The fourth-order valence-corrected chi connectivity index (χ4v) is 4.63. The number of hydrogen-bond acceptors (Lipinski definition) is 7. The number of hydrogen-bond donors (Lipinski definition) is 1. The third-order valence-electron chi connectivity index (χ3n) is 5.39. The average molecular weight is 476 g/mol. The van der Waals surface area contributed by atoms with Crippen molar-refractivity contribution in [3.63, 3.8) is 0 Å². The lowest BCUT2D eigenvalue weighted by atomic mass is 9.98. The normalized spacial score (nSPS) is 13.4. The summed E-state index contributed by atoms with van der Waals surface area (Å²) in [6, 6.07) is 17.1. The topological polar surface area (TPSA) is 101 Å². The maximum atomic E-state index is 12.8. The minimum absolute atomic E-state index is 0.0881. The number of nitriles is 1. The molecule has 0 bridgehead atoms. The minimum atomic E-state index is -0.997. The van der Waals surface area contributed by atoms with Gasteiger partial charge in [0.2, 0.25) is 0 Å². The zero-order valence-electron chi connectivity index (χ0n) is 19.2. The summed E-state index contributed by atoms with van der Waals surface area (Å²) in [5.74, 6) is -0.678. The summed E-state index contributed by atoms with van der Waals surface area (Å²) in [5.41, 5.74) is 4.28. The second kappa shape index (κ2) is 9.65. The van der Waals surface area contributed by atoms with Crippen molar-refractivity contribution in [2.45, 2.75) is 44.8 Å². The highest BCUT2D eigenvalue weighted by Gasteiger charge is 2.31. The molecule has 2 aromatic carbocycles. The SMILES string of the molecule is CC(C)(C)OC(=O)[C@H](Cc1csc(C#N)n1)NC(=O)OCC1c2ccccc2-c2ccccc21. The van der Waals surface area contributed by atoms with Gasteiger partial charge >= 0.3 is 12.1 Å². The van der Waals surface area contributed by atoms with Gasteiger partial charge in [-0.3, -0.25) is 0 Å². The number of carbonyl (C=O) groups is 2. The molecule has 0 unspecified atom stereocenters. The summed E-state index contributed by atoms with van der Waals surface area (Å²) in [6.07, 6.45) is -0.620. The molecule has 4 rings (SSSR count). The molecule has 1 aliphatic rings. The number of alkyl carbamates (subject to hydrolysis) is 1. The molecule has 1 atom stereocenters. The number of nitrogens with one attached hydrogen (secondary N) is 1. The van der Waals surface area contributed by atoms with Crippen molar-refractivity contribution in [2.75, 3.05) is 6.61 Å². The van der Waals surface area contributed by atoms with Crippen LogP contribution in [0.5, 0.6) is 0 Å². The molecule has 3 aromatic rings. The first-order chi connectivity index (χ1) is 16.2. The molecule has 0 spiro atoms. The summed E-state index contributed by atoms with van der Waals surface area (Å²) >= 11 is 1.18. The van der Waals surface area contributed by atoms with Gasteiger partial charge in [0.15, 0.2) is 5.01 Å². The van der Waals surface area contributed by atoms with Gasteiger partial charge in [0.05, 0.1) is 5.69 Å². The molecule has 0 aliphatic heterocycles. The summed E-state index contributed by atoms with van der Waals surface area (Å²) in [5, 5.41) is 13.6. The molecule has 0 saturated heterocycles. The average Bonchev–Trinajstić information content (AvgIpc) is 3.38. The zero-order valence-corrected chi connectivity index (χ0v) is 20.0. The maximum Gasteiger partial charge on any atom is 0.407 e. The van der Waals surface area contributed by atoms with E-state index in [-0.39, 0.29) is 18.9 Å². The number of rotatable bonds is 6. The lowest BCUT2D eigenvalue weighted by molar-refractivity contribution is -0.157. The third-order valence-corrected chi connectivity index (χ3v) is 6.18. The smallest absolute Gasteiger partial charge is 0.407 e. The predicted octanol–water partition coefficient (Wildman–Crippen LogP) is 4.81. The van der Waals surface area contributed by atoms with Gasteiger partial charge in [-0.25, -0.2) is 14.6 Å². The Morgan fingerprint density at radius 2 is 1.74 bits per heavy atom. The van der Waals surface area contributed by atoms with Gasteiger partial charge in [-0.15, -0.1) is 11.3 Å². The number of ether oxygens (including phenoxy) is 2. The molecule has 7 nitrogen and oxygen atoms in total. The Labute approximate surface area is 202 Å². The van der Waals surface area contributed by atoms with Crippen molar-refractivity contribution in [1.29, 1.82) is 5.26 Å². The van der Waals surface area contributed by atoms with Gasteiger partial charge in [0.1, 0.15) is 24.3 Å². The fourth-order valence-electron chi connectivity index (χ4n) is 4.01. The molecule has 0 fully saturated rings. The first-order valence-corrected chi connectivity index (χ1v) is 11.8. The van der Waals surface area contributed by atoms with Gasteiger partial charge in [-0.2, -0.15) is 5.26 Å². The summed E-state index contributed by atoms with van der Waals surface area (Å²) in [6.45, 7) is 5.40. The molecule has 0 radical (unpaired) electrons. The number of fused-ring (bicyclic) bond motifs is 3.